The summed E-state index contributed by atoms with van der Waals surface area (Å²) >= 11 is 6.05. The number of rotatable bonds is 2. The average Bonchev–Trinajstić information content (AvgIpc) is 2.94. The standard InChI is InChI=1S/C11H12ClN5O2/c1-6(18)14-11-15-9(12)8-10(16-11)17(5-13-8)7-3-2-4-19-7/h5,7H,2-4H2,1H3,(H,14,15,16,18)/t7-/m1/s1. The fourth-order valence-corrected chi connectivity index (χ4v) is 2.30. The van der Waals surface area contributed by atoms with E-state index in [2.05, 4.69) is 20.3 Å². The number of hydrogen-bond donors (Lipinski definition) is 1. The van der Waals surface area contributed by atoms with Crippen molar-refractivity contribution in [3.8, 4) is 0 Å². The van der Waals surface area contributed by atoms with E-state index in [4.69, 9.17) is 16.3 Å². The van der Waals surface area contributed by atoms with E-state index in [1.165, 1.54) is 6.92 Å². The Morgan fingerprint density at radius 2 is 2.42 bits per heavy atom. The van der Waals surface area contributed by atoms with Gasteiger partial charge in [0.15, 0.2) is 10.8 Å². The van der Waals surface area contributed by atoms with Gasteiger partial charge in [-0.1, -0.05) is 11.6 Å². The van der Waals surface area contributed by atoms with Gasteiger partial charge in [0.25, 0.3) is 0 Å². The van der Waals surface area contributed by atoms with Crippen molar-refractivity contribution in [2.45, 2.75) is 26.0 Å². The number of aromatic nitrogens is 4. The molecule has 0 bridgehead atoms. The summed E-state index contributed by atoms with van der Waals surface area (Å²) in [7, 11) is 0. The van der Waals surface area contributed by atoms with Gasteiger partial charge in [-0.25, -0.2) is 4.98 Å². The molecule has 1 fully saturated rings. The molecular weight excluding hydrogens is 270 g/mol. The van der Waals surface area contributed by atoms with E-state index in [-0.39, 0.29) is 23.2 Å². The predicted molar refractivity (Wildman–Crippen MR) is 68.9 cm³/mol. The zero-order chi connectivity index (χ0) is 13.4. The zero-order valence-electron chi connectivity index (χ0n) is 10.3. The second-order valence-electron chi connectivity index (χ2n) is 4.31. The molecule has 1 amide bonds. The Morgan fingerprint density at radius 1 is 1.58 bits per heavy atom. The van der Waals surface area contributed by atoms with Crippen LogP contribution in [0.5, 0.6) is 0 Å². The number of fused-ring (bicyclic) bond motifs is 1. The van der Waals surface area contributed by atoms with E-state index in [9.17, 15) is 4.79 Å². The van der Waals surface area contributed by atoms with Crippen LogP contribution in [0.2, 0.25) is 5.15 Å². The lowest BCUT2D eigenvalue weighted by molar-refractivity contribution is -0.114. The van der Waals surface area contributed by atoms with Gasteiger partial charge in [0.05, 0.1) is 6.33 Å². The third kappa shape index (κ3) is 2.26. The highest BCUT2D eigenvalue weighted by Crippen LogP contribution is 2.28. The Hall–Kier alpha value is -1.73. The van der Waals surface area contributed by atoms with Crippen LogP contribution in [-0.4, -0.2) is 32.0 Å². The summed E-state index contributed by atoms with van der Waals surface area (Å²) < 4.78 is 7.42. The smallest absolute Gasteiger partial charge is 0.232 e. The second-order valence-corrected chi connectivity index (χ2v) is 4.67. The summed E-state index contributed by atoms with van der Waals surface area (Å²) in [5.74, 6) is -0.0802. The highest BCUT2D eigenvalue weighted by molar-refractivity contribution is 6.33. The first-order chi connectivity index (χ1) is 9.15. The number of imidazole rings is 1. The van der Waals surface area contributed by atoms with E-state index in [1.54, 1.807) is 6.33 Å². The van der Waals surface area contributed by atoms with Crippen molar-refractivity contribution in [3.05, 3.63) is 11.5 Å². The number of hydrogen-bond acceptors (Lipinski definition) is 5. The van der Waals surface area contributed by atoms with Gasteiger partial charge in [0, 0.05) is 13.5 Å². The Labute approximate surface area is 114 Å². The van der Waals surface area contributed by atoms with Crippen LogP contribution in [-0.2, 0) is 9.53 Å². The first-order valence-electron chi connectivity index (χ1n) is 5.94. The lowest BCUT2D eigenvalue weighted by atomic mass is 10.3. The Kier molecular flexibility index (Phi) is 3.08. The lowest BCUT2D eigenvalue weighted by Crippen LogP contribution is -2.11. The van der Waals surface area contributed by atoms with Crippen molar-refractivity contribution >= 4 is 34.6 Å². The Bertz CT molecular complexity index is 635. The molecule has 3 rings (SSSR count). The van der Waals surface area contributed by atoms with E-state index in [0.29, 0.717) is 11.2 Å². The highest BCUT2D eigenvalue weighted by Gasteiger charge is 2.22. The fraction of sp³-hybridized carbons (Fsp3) is 0.455. The van der Waals surface area contributed by atoms with Crippen molar-refractivity contribution in [2.24, 2.45) is 0 Å². The van der Waals surface area contributed by atoms with E-state index in [0.717, 1.165) is 19.4 Å². The van der Waals surface area contributed by atoms with Crippen LogP contribution in [0.3, 0.4) is 0 Å². The molecule has 8 heteroatoms. The first-order valence-corrected chi connectivity index (χ1v) is 6.32. The molecule has 1 saturated heterocycles. The van der Waals surface area contributed by atoms with Gasteiger partial charge in [0.1, 0.15) is 11.7 Å². The van der Waals surface area contributed by atoms with Crippen LogP contribution in [0.1, 0.15) is 26.0 Å². The summed E-state index contributed by atoms with van der Waals surface area (Å²) in [6, 6.07) is 0. The van der Waals surface area contributed by atoms with E-state index >= 15 is 0 Å². The number of ether oxygens (including phenoxy) is 1. The lowest BCUT2D eigenvalue weighted by Gasteiger charge is -2.11. The molecule has 1 N–H and O–H groups in total. The molecule has 2 aromatic rings. The summed E-state index contributed by atoms with van der Waals surface area (Å²) in [5, 5.41) is 2.73. The molecule has 100 valence electrons. The minimum Gasteiger partial charge on any atom is -0.358 e. The van der Waals surface area contributed by atoms with Crippen LogP contribution in [0.4, 0.5) is 5.95 Å². The van der Waals surface area contributed by atoms with Crippen LogP contribution >= 0.6 is 11.6 Å². The van der Waals surface area contributed by atoms with E-state index < -0.39 is 0 Å². The van der Waals surface area contributed by atoms with Gasteiger partial charge >= 0.3 is 0 Å². The summed E-state index contributed by atoms with van der Waals surface area (Å²) in [5.41, 5.74) is 1.07. The zero-order valence-corrected chi connectivity index (χ0v) is 11.0. The van der Waals surface area contributed by atoms with Gasteiger partial charge in [0.2, 0.25) is 11.9 Å². The quantitative estimate of drug-likeness (QED) is 0.848. The number of anilines is 1. The number of nitrogens with zero attached hydrogens (tertiary/aromatic N) is 4. The number of nitrogens with one attached hydrogen (secondary N) is 1. The molecule has 0 saturated carbocycles. The van der Waals surface area contributed by atoms with E-state index in [1.807, 2.05) is 4.57 Å². The van der Waals surface area contributed by atoms with Gasteiger partial charge in [-0.05, 0) is 12.8 Å². The molecular formula is C11H12ClN5O2. The van der Waals surface area contributed by atoms with Crippen molar-refractivity contribution in [1.29, 1.82) is 0 Å². The molecule has 1 aliphatic heterocycles. The Morgan fingerprint density at radius 3 is 3.11 bits per heavy atom. The average molecular weight is 282 g/mol. The van der Waals surface area contributed by atoms with Crippen LogP contribution in [0.15, 0.2) is 6.33 Å². The van der Waals surface area contributed by atoms with Gasteiger partial charge < -0.3 is 4.74 Å². The Balaban J connectivity index is 2.08. The molecule has 0 unspecified atom stereocenters. The number of amides is 1. The monoisotopic (exact) mass is 281 g/mol. The molecule has 1 atom stereocenters. The first kappa shape index (κ1) is 12.3. The normalized spacial score (nSPS) is 18.9. The van der Waals surface area contributed by atoms with Gasteiger partial charge in [-0.15, -0.1) is 0 Å². The predicted octanol–water partition coefficient (Wildman–Crippen LogP) is 1.75. The summed E-state index contributed by atoms with van der Waals surface area (Å²) in [6.07, 6.45) is 3.46. The number of carbonyl (C=O) groups excluding carboxylic acids is 1. The summed E-state index contributed by atoms with van der Waals surface area (Å²) in [4.78, 5) is 23.5. The van der Waals surface area contributed by atoms with Crippen molar-refractivity contribution in [1.82, 2.24) is 19.5 Å². The van der Waals surface area contributed by atoms with Crippen LogP contribution in [0.25, 0.3) is 11.2 Å². The maximum Gasteiger partial charge on any atom is 0.232 e. The number of halogens is 1. The highest BCUT2D eigenvalue weighted by atomic mass is 35.5. The van der Waals surface area contributed by atoms with Crippen molar-refractivity contribution in [2.75, 3.05) is 11.9 Å². The molecule has 0 aromatic carbocycles. The van der Waals surface area contributed by atoms with Gasteiger partial charge in [-0.2, -0.15) is 9.97 Å². The van der Waals surface area contributed by atoms with Gasteiger partial charge in [-0.3, -0.25) is 14.7 Å². The van der Waals surface area contributed by atoms with Crippen LogP contribution in [0, 0.1) is 0 Å². The molecule has 0 radical (unpaired) electrons. The SMILES string of the molecule is CC(=O)Nc1nc(Cl)c2ncn([C@H]3CCCO3)c2n1. The maximum atomic E-state index is 11.1. The molecule has 0 spiro atoms. The second kappa shape index (κ2) is 4.75. The minimum atomic E-state index is -0.251. The molecule has 1 aliphatic rings. The minimum absolute atomic E-state index is 0.0823. The fourth-order valence-electron chi connectivity index (χ4n) is 2.09. The molecule has 19 heavy (non-hydrogen) atoms. The number of carbonyl (C=O) groups is 1. The topological polar surface area (TPSA) is 81.9 Å². The van der Waals surface area contributed by atoms with Crippen molar-refractivity contribution in [3.63, 3.8) is 0 Å². The van der Waals surface area contributed by atoms with Crippen LogP contribution < -0.4 is 5.32 Å². The van der Waals surface area contributed by atoms with Crippen molar-refractivity contribution < 1.29 is 9.53 Å². The molecule has 2 aromatic heterocycles. The maximum absolute atomic E-state index is 11.1. The molecule has 7 nitrogen and oxygen atoms in total. The third-order valence-corrected chi connectivity index (χ3v) is 3.15. The molecule has 0 aliphatic carbocycles. The molecule has 3 heterocycles. The largest absolute Gasteiger partial charge is 0.358 e. The summed E-state index contributed by atoms with van der Waals surface area (Å²) in [6.45, 7) is 2.11. The third-order valence-electron chi connectivity index (χ3n) is 2.88.